The van der Waals surface area contributed by atoms with Crippen molar-refractivity contribution in [3.05, 3.63) is 86.6 Å². The Kier molecular flexibility index (Phi) is 9.02. The summed E-state index contributed by atoms with van der Waals surface area (Å²) in [5.74, 6) is 0.472. The zero-order valence-corrected chi connectivity index (χ0v) is 22.2. The lowest BCUT2D eigenvalue weighted by atomic mass is 10.00. The van der Waals surface area contributed by atoms with Crippen molar-refractivity contribution in [2.24, 2.45) is 0 Å². The first kappa shape index (κ1) is 26.2. The number of ether oxygens (including phenoxy) is 2. The van der Waals surface area contributed by atoms with Gasteiger partial charge in [0.25, 0.3) is 5.91 Å². The minimum atomic E-state index is -0.226. The lowest BCUT2D eigenvalue weighted by molar-refractivity contribution is -0.135. The molecule has 0 aliphatic carbocycles. The third-order valence-corrected chi connectivity index (χ3v) is 7.78. The summed E-state index contributed by atoms with van der Waals surface area (Å²) in [6.07, 6.45) is 1.45. The van der Waals surface area contributed by atoms with Crippen LogP contribution in [0.3, 0.4) is 0 Å². The number of fused-ring (bicyclic) bond motifs is 1. The summed E-state index contributed by atoms with van der Waals surface area (Å²) in [7, 11) is 1.63. The summed E-state index contributed by atoms with van der Waals surface area (Å²) in [6, 6.07) is 16.5. The van der Waals surface area contributed by atoms with E-state index in [0.717, 1.165) is 17.5 Å². The van der Waals surface area contributed by atoms with Gasteiger partial charge < -0.3 is 19.3 Å². The minimum Gasteiger partial charge on any atom is -0.491 e. The van der Waals surface area contributed by atoms with Crippen molar-refractivity contribution in [2.75, 3.05) is 40.0 Å². The fourth-order valence-corrected chi connectivity index (χ4v) is 5.47. The van der Waals surface area contributed by atoms with Gasteiger partial charge in [-0.25, -0.2) is 0 Å². The predicted octanol–water partition coefficient (Wildman–Crippen LogP) is 5.39. The molecule has 0 unspecified atom stereocenters. The zero-order chi connectivity index (χ0) is 25.5. The van der Waals surface area contributed by atoms with Gasteiger partial charge in [0.05, 0.1) is 6.04 Å². The molecule has 0 N–H and O–H groups in total. The summed E-state index contributed by atoms with van der Waals surface area (Å²) in [5, 5.41) is 2.75. The van der Waals surface area contributed by atoms with Crippen molar-refractivity contribution in [1.29, 1.82) is 0 Å². The van der Waals surface area contributed by atoms with E-state index in [-0.39, 0.29) is 24.4 Å². The first-order valence-electron chi connectivity index (χ1n) is 12.1. The molecule has 0 fully saturated rings. The molecule has 0 saturated heterocycles. The maximum Gasteiger partial charge on any atom is 0.254 e. The van der Waals surface area contributed by atoms with Crippen LogP contribution in [0, 0.1) is 6.92 Å². The zero-order valence-electron chi connectivity index (χ0n) is 20.6. The van der Waals surface area contributed by atoms with Crippen LogP contribution in [0.5, 0.6) is 5.75 Å². The fourth-order valence-electron chi connectivity index (χ4n) is 4.43. The number of carbonyl (C=O) groups is 2. The second-order valence-electron chi connectivity index (χ2n) is 8.81. The standard InChI is InChI=1S/C28H31ClN2O4S/c1-20-17-22(9-10-24(20)29)35-19-25-23-12-16-36-26(23)11-14-31(25)27(32)18-30(13-6-15-34-2)28(33)21-7-4-3-5-8-21/h3-5,7-10,12,16-17,25H,6,11,13-15,18-19H2,1-2H3/t25-/m1/s1. The molecule has 2 heterocycles. The highest BCUT2D eigenvalue weighted by Gasteiger charge is 2.33. The molecule has 0 saturated carbocycles. The van der Waals surface area contributed by atoms with Crippen molar-refractivity contribution in [3.63, 3.8) is 0 Å². The van der Waals surface area contributed by atoms with Crippen molar-refractivity contribution in [3.8, 4) is 5.75 Å². The average Bonchev–Trinajstić information content (AvgIpc) is 3.38. The number of halogens is 1. The molecule has 2 amide bonds. The van der Waals surface area contributed by atoms with Gasteiger partial charge in [-0.05, 0) is 72.7 Å². The molecule has 190 valence electrons. The Morgan fingerprint density at radius 3 is 2.72 bits per heavy atom. The molecular formula is C28H31ClN2O4S. The summed E-state index contributed by atoms with van der Waals surface area (Å²) in [5.41, 5.74) is 2.62. The van der Waals surface area contributed by atoms with Crippen LogP contribution >= 0.6 is 22.9 Å². The van der Waals surface area contributed by atoms with E-state index in [1.807, 2.05) is 48.2 Å². The van der Waals surface area contributed by atoms with Gasteiger partial charge >= 0.3 is 0 Å². The summed E-state index contributed by atoms with van der Waals surface area (Å²) in [4.78, 5) is 31.7. The third-order valence-electron chi connectivity index (χ3n) is 6.36. The number of carbonyl (C=O) groups excluding carboxylic acids is 2. The van der Waals surface area contributed by atoms with Crippen LogP contribution in [-0.2, 0) is 16.0 Å². The normalized spacial score (nSPS) is 14.9. The second-order valence-corrected chi connectivity index (χ2v) is 10.2. The van der Waals surface area contributed by atoms with Crippen LogP contribution in [0.25, 0.3) is 0 Å². The number of nitrogens with zero attached hydrogens (tertiary/aromatic N) is 2. The Morgan fingerprint density at radius 2 is 1.97 bits per heavy atom. The Labute approximate surface area is 221 Å². The van der Waals surface area contributed by atoms with E-state index < -0.39 is 0 Å². The van der Waals surface area contributed by atoms with Gasteiger partial charge in [0.1, 0.15) is 18.9 Å². The van der Waals surface area contributed by atoms with Gasteiger partial charge in [0, 0.05) is 42.3 Å². The predicted molar refractivity (Wildman–Crippen MR) is 143 cm³/mol. The molecule has 1 aliphatic heterocycles. The molecular weight excluding hydrogens is 496 g/mol. The van der Waals surface area contributed by atoms with E-state index in [1.54, 1.807) is 35.5 Å². The van der Waals surface area contributed by atoms with E-state index in [4.69, 9.17) is 21.1 Å². The van der Waals surface area contributed by atoms with Gasteiger partial charge in [-0.15, -0.1) is 11.3 Å². The quantitative estimate of drug-likeness (QED) is 0.332. The van der Waals surface area contributed by atoms with Gasteiger partial charge in [0.2, 0.25) is 5.91 Å². The van der Waals surface area contributed by atoms with Gasteiger partial charge in [-0.2, -0.15) is 0 Å². The van der Waals surface area contributed by atoms with Crippen LogP contribution < -0.4 is 4.74 Å². The van der Waals surface area contributed by atoms with Crippen LogP contribution in [0.4, 0.5) is 0 Å². The number of benzene rings is 2. The number of rotatable bonds is 10. The van der Waals surface area contributed by atoms with Gasteiger partial charge in [-0.3, -0.25) is 9.59 Å². The molecule has 0 radical (unpaired) electrons. The molecule has 36 heavy (non-hydrogen) atoms. The number of hydrogen-bond donors (Lipinski definition) is 0. The summed E-state index contributed by atoms with van der Waals surface area (Å²) in [6.45, 7) is 3.82. The Morgan fingerprint density at radius 1 is 1.17 bits per heavy atom. The van der Waals surface area contributed by atoms with E-state index in [1.165, 1.54) is 4.88 Å². The van der Waals surface area contributed by atoms with Crippen LogP contribution in [0.2, 0.25) is 5.02 Å². The van der Waals surface area contributed by atoms with Crippen molar-refractivity contribution >= 4 is 34.8 Å². The minimum absolute atomic E-state index is 0.00741. The van der Waals surface area contributed by atoms with E-state index in [9.17, 15) is 9.59 Å². The number of aryl methyl sites for hydroxylation is 1. The molecule has 0 bridgehead atoms. The molecule has 0 spiro atoms. The topological polar surface area (TPSA) is 59.1 Å². The number of hydrogen-bond acceptors (Lipinski definition) is 5. The van der Waals surface area contributed by atoms with E-state index in [0.29, 0.717) is 49.1 Å². The Bertz CT molecular complexity index is 1180. The largest absolute Gasteiger partial charge is 0.491 e. The number of methoxy groups -OCH3 is 1. The highest BCUT2D eigenvalue weighted by atomic mass is 35.5. The highest BCUT2D eigenvalue weighted by molar-refractivity contribution is 7.10. The van der Waals surface area contributed by atoms with E-state index in [2.05, 4.69) is 11.4 Å². The maximum atomic E-state index is 13.7. The number of thiophene rings is 1. The van der Waals surface area contributed by atoms with Crippen LogP contribution in [0.15, 0.2) is 60.0 Å². The summed E-state index contributed by atoms with van der Waals surface area (Å²) < 4.78 is 11.3. The molecule has 4 rings (SSSR count). The van der Waals surface area contributed by atoms with Crippen molar-refractivity contribution in [1.82, 2.24) is 9.80 Å². The molecule has 1 atom stereocenters. The maximum absolute atomic E-state index is 13.7. The smallest absolute Gasteiger partial charge is 0.254 e. The Balaban J connectivity index is 1.52. The van der Waals surface area contributed by atoms with Crippen molar-refractivity contribution < 1.29 is 19.1 Å². The third kappa shape index (κ3) is 6.27. The molecule has 2 aromatic carbocycles. The highest BCUT2D eigenvalue weighted by Crippen LogP contribution is 2.34. The van der Waals surface area contributed by atoms with Gasteiger partial charge in [0.15, 0.2) is 0 Å². The summed E-state index contributed by atoms with van der Waals surface area (Å²) >= 11 is 7.87. The van der Waals surface area contributed by atoms with Crippen LogP contribution in [-0.4, -0.2) is 61.6 Å². The molecule has 1 aliphatic rings. The fraction of sp³-hybridized carbons (Fsp3) is 0.357. The Hall–Kier alpha value is -2.87. The molecule has 8 heteroatoms. The SMILES string of the molecule is COCCCN(CC(=O)N1CCc2sccc2[C@H]1COc1ccc(Cl)c(C)c1)C(=O)c1ccccc1. The molecule has 3 aromatic rings. The monoisotopic (exact) mass is 526 g/mol. The first-order valence-corrected chi connectivity index (χ1v) is 13.3. The molecule has 6 nitrogen and oxygen atoms in total. The van der Waals surface area contributed by atoms with E-state index >= 15 is 0 Å². The number of amides is 2. The first-order chi connectivity index (χ1) is 17.5. The molecule has 1 aromatic heterocycles. The van der Waals surface area contributed by atoms with Gasteiger partial charge in [-0.1, -0.05) is 29.8 Å². The average molecular weight is 527 g/mol. The van der Waals surface area contributed by atoms with Crippen molar-refractivity contribution in [2.45, 2.75) is 25.8 Å². The second kappa shape index (κ2) is 12.4. The lowest BCUT2D eigenvalue weighted by Crippen LogP contribution is -2.48. The lowest BCUT2D eigenvalue weighted by Gasteiger charge is -2.37. The van der Waals surface area contributed by atoms with Crippen LogP contribution in [0.1, 0.15) is 38.8 Å².